The normalized spacial score (nSPS) is 14.0. The zero-order valence-electron chi connectivity index (χ0n) is 13.4. The van der Waals surface area contributed by atoms with Crippen molar-refractivity contribution in [3.8, 4) is 11.6 Å². The van der Waals surface area contributed by atoms with Crippen molar-refractivity contribution >= 4 is 17.8 Å². The Morgan fingerprint density at radius 2 is 2.17 bits per heavy atom. The van der Waals surface area contributed by atoms with E-state index in [1.165, 1.54) is 0 Å². The third-order valence-electron chi connectivity index (χ3n) is 3.44. The van der Waals surface area contributed by atoms with Gasteiger partial charge >= 0.3 is 0 Å². The van der Waals surface area contributed by atoms with Crippen molar-refractivity contribution in [1.29, 1.82) is 0 Å². The first-order chi connectivity index (χ1) is 11.8. The molecule has 2 N–H and O–H groups in total. The van der Waals surface area contributed by atoms with E-state index in [-0.39, 0.29) is 0 Å². The number of nitrogens with one attached hydrogen (secondary N) is 2. The van der Waals surface area contributed by atoms with Gasteiger partial charge in [-0.15, -0.1) is 5.10 Å². The van der Waals surface area contributed by atoms with Gasteiger partial charge < -0.3 is 19.8 Å². The van der Waals surface area contributed by atoms with E-state index >= 15 is 0 Å². The number of aromatic nitrogens is 3. The Morgan fingerprint density at radius 1 is 1.33 bits per heavy atom. The molecule has 126 valence electrons. The Hall–Kier alpha value is -2.71. The molecule has 24 heavy (non-hydrogen) atoms. The summed E-state index contributed by atoms with van der Waals surface area (Å²) in [7, 11) is 1.76. The van der Waals surface area contributed by atoms with Crippen LogP contribution in [0.2, 0.25) is 0 Å². The van der Waals surface area contributed by atoms with Gasteiger partial charge in [0.15, 0.2) is 11.4 Å². The van der Waals surface area contributed by atoms with Crippen molar-refractivity contribution in [1.82, 2.24) is 19.9 Å². The number of anilines is 1. The fraction of sp³-hybridized carbons (Fsp3) is 0.312. The molecule has 0 unspecified atom stereocenters. The molecule has 8 heteroatoms. The number of pyridine rings is 1. The molecule has 0 amide bonds. The largest absolute Gasteiger partial charge is 0.461 e. The first-order valence-electron chi connectivity index (χ1n) is 7.68. The maximum absolute atomic E-state index is 10.9. The predicted molar refractivity (Wildman–Crippen MR) is 89.3 cm³/mol. The van der Waals surface area contributed by atoms with Crippen LogP contribution in [0.15, 0.2) is 34.9 Å². The quantitative estimate of drug-likeness (QED) is 0.702. The number of nitrogens with zero attached hydrogens (tertiary/aromatic N) is 3. The van der Waals surface area contributed by atoms with E-state index in [0.29, 0.717) is 28.6 Å². The smallest absolute Gasteiger partial charge is 0.217 e. The molecule has 0 atom stereocenters. The average molecular weight is 329 g/mol. The summed E-state index contributed by atoms with van der Waals surface area (Å²) in [4.78, 5) is 15.2. The molecule has 3 aromatic heterocycles. The average Bonchev–Trinajstić information content (AvgIpc) is 3.32. The van der Waals surface area contributed by atoms with Gasteiger partial charge in [-0.3, -0.25) is 4.79 Å². The van der Waals surface area contributed by atoms with Crippen LogP contribution in [0, 0.1) is 0 Å². The van der Waals surface area contributed by atoms with Crippen LogP contribution >= 0.6 is 0 Å². The van der Waals surface area contributed by atoms with Crippen LogP contribution < -0.4 is 10.6 Å². The number of furan rings is 1. The summed E-state index contributed by atoms with van der Waals surface area (Å²) in [5, 5.41) is 10.5. The van der Waals surface area contributed by atoms with Crippen molar-refractivity contribution in [2.45, 2.75) is 0 Å². The number of hydrogen-bond acceptors (Lipinski definition) is 7. The van der Waals surface area contributed by atoms with Crippen LogP contribution in [-0.2, 0) is 4.74 Å². The molecule has 1 aliphatic heterocycles. The second kappa shape index (κ2) is 7.71. The van der Waals surface area contributed by atoms with Gasteiger partial charge in [-0.25, -0.2) is 4.98 Å². The Bertz CT molecular complexity index is 782. The Labute approximate surface area is 138 Å². The molecular formula is C16H19N5O3. The minimum Gasteiger partial charge on any atom is -0.461 e. The second-order valence-electron chi connectivity index (χ2n) is 5.09. The first-order valence-corrected chi connectivity index (χ1v) is 7.68. The maximum atomic E-state index is 10.9. The number of carbonyl (C=O) groups excluding carboxylic acids is 1. The lowest BCUT2D eigenvalue weighted by atomic mass is 10.3. The molecular weight excluding hydrogens is 310 g/mol. The van der Waals surface area contributed by atoms with Crippen LogP contribution in [0.5, 0.6) is 0 Å². The van der Waals surface area contributed by atoms with Crippen LogP contribution in [0.25, 0.3) is 17.2 Å². The van der Waals surface area contributed by atoms with Crippen LogP contribution in [0.3, 0.4) is 0 Å². The third-order valence-corrected chi connectivity index (χ3v) is 3.44. The van der Waals surface area contributed by atoms with Crippen LogP contribution in [0.1, 0.15) is 10.4 Å². The van der Waals surface area contributed by atoms with E-state index in [0.717, 1.165) is 32.6 Å². The number of aldehydes is 1. The number of morpholine rings is 1. The summed E-state index contributed by atoms with van der Waals surface area (Å²) in [6.45, 7) is 3.83. The Kier molecular flexibility index (Phi) is 5.19. The van der Waals surface area contributed by atoms with Gasteiger partial charge in [0.2, 0.25) is 5.82 Å². The van der Waals surface area contributed by atoms with Crippen LogP contribution in [0.4, 0.5) is 5.82 Å². The van der Waals surface area contributed by atoms with Gasteiger partial charge in [-0.2, -0.15) is 4.52 Å². The summed E-state index contributed by atoms with van der Waals surface area (Å²) < 4.78 is 11.9. The van der Waals surface area contributed by atoms with E-state index in [4.69, 9.17) is 9.15 Å². The van der Waals surface area contributed by atoms with E-state index in [9.17, 15) is 4.79 Å². The summed E-state index contributed by atoms with van der Waals surface area (Å²) in [6, 6.07) is 6.94. The first kappa shape index (κ1) is 16.2. The van der Waals surface area contributed by atoms with Crippen molar-refractivity contribution in [3.63, 3.8) is 0 Å². The van der Waals surface area contributed by atoms with Crippen molar-refractivity contribution in [2.75, 3.05) is 38.7 Å². The lowest BCUT2D eigenvalue weighted by Crippen LogP contribution is -2.30. The van der Waals surface area contributed by atoms with Gasteiger partial charge in [-0.1, -0.05) is 0 Å². The summed E-state index contributed by atoms with van der Waals surface area (Å²) in [5.41, 5.74) is 1.14. The fourth-order valence-corrected chi connectivity index (χ4v) is 2.28. The Balaban J connectivity index is 0.000000238. The minimum atomic E-state index is 0.486. The highest BCUT2D eigenvalue weighted by molar-refractivity contribution is 5.79. The number of rotatable bonds is 3. The third kappa shape index (κ3) is 3.61. The number of carbonyl (C=O) groups is 1. The molecule has 0 spiro atoms. The van der Waals surface area contributed by atoms with E-state index in [1.807, 2.05) is 0 Å². The zero-order valence-corrected chi connectivity index (χ0v) is 13.4. The van der Waals surface area contributed by atoms with E-state index < -0.39 is 0 Å². The molecule has 1 saturated heterocycles. The molecule has 0 aromatic carbocycles. The van der Waals surface area contributed by atoms with Gasteiger partial charge in [0.25, 0.3) is 0 Å². The van der Waals surface area contributed by atoms with Crippen molar-refractivity contribution in [3.05, 3.63) is 36.1 Å². The summed E-state index contributed by atoms with van der Waals surface area (Å²) in [5.74, 6) is 1.77. The molecule has 4 heterocycles. The number of ether oxygens (including phenoxy) is 1. The molecule has 0 saturated carbocycles. The van der Waals surface area contributed by atoms with Gasteiger partial charge in [0.1, 0.15) is 12.1 Å². The van der Waals surface area contributed by atoms with Crippen LogP contribution in [-0.4, -0.2) is 54.2 Å². The minimum absolute atomic E-state index is 0.486. The lowest BCUT2D eigenvalue weighted by molar-refractivity contribution is 0.109. The predicted octanol–water partition coefficient (Wildman–Crippen LogP) is 1.45. The topological polar surface area (TPSA) is 93.7 Å². The number of hydrogen-bond donors (Lipinski definition) is 2. The number of fused-ring (bicyclic) bond motifs is 1. The molecule has 3 aromatic rings. The Morgan fingerprint density at radius 3 is 2.71 bits per heavy atom. The molecule has 8 nitrogen and oxygen atoms in total. The van der Waals surface area contributed by atoms with Crippen molar-refractivity contribution < 1.29 is 13.9 Å². The highest BCUT2D eigenvalue weighted by Crippen LogP contribution is 2.19. The molecule has 0 bridgehead atoms. The SMILES string of the molecule is C1COCCN1.CNc1cc(C=O)cc2nc(-c3ccco3)nn12. The van der Waals surface area contributed by atoms with Gasteiger partial charge in [-0.05, 0) is 24.3 Å². The maximum Gasteiger partial charge on any atom is 0.217 e. The molecule has 0 aliphatic carbocycles. The second-order valence-corrected chi connectivity index (χ2v) is 5.09. The van der Waals surface area contributed by atoms with Gasteiger partial charge in [0.05, 0.1) is 19.5 Å². The molecule has 4 rings (SSSR count). The fourth-order valence-electron chi connectivity index (χ4n) is 2.28. The molecule has 0 radical (unpaired) electrons. The standard InChI is InChI=1S/C12H10N4O2.C4H9NO/c1-13-10-5-8(7-17)6-11-14-12(15-16(10)11)9-3-2-4-18-9;1-3-6-4-2-5-1/h2-7,13H,1H3;5H,1-4H2. The highest BCUT2D eigenvalue weighted by atomic mass is 16.5. The zero-order chi connectivity index (χ0) is 16.8. The van der Waals surface area contributed by atoms with Gasteiger partial charge in [0, 0.05) is 25.7 Å². The highest BCUT2D eigenvalue weighted by Gasteiger charge is 2.11. The van der Waals surface area contributed by atoms with Crippen molar-refractivity contribution in [2.24, 2.45) is 0 Å². The monoisotopic (exact) mass is 329 g/mol. The van der Waals surface area contributed by atoms with E-state index in [1.54, 1.807) is 42.1 Å². The summed E-state index contributed by atoms with van der Waals surface area (Å²) in [6.07, 6.45) is 2.35. The lowest BCUT2D eigenvalue weighted by Gasteiger charge is -2.10. The van der Waals surface area contributed by atoms with E-state index in [2.05, 4.69) is 20.7 Å². The summed E-state index contributed by atoms with van der Waals surface area (Å²) >= 11 is 0. The molecule has 1 fully saturated rings. The molecule has 1 aliphatic rings.